The van der Waals surface area contributed by atoms with Gasteiger partial charge in [0.05, 0.1) is 0 Å². The van der Waals surface area contributed by atoms with Crippen molar-refractivity contribution in [1.82, 2.24) is 5.32 Å². The van der Waals surface area contributed by atoms with Crippen LogP contribution in [0, 0.1) is 18.2 Å². The van der Waals surface area contributed by atoms with Crippen LogP contribution in [0.4, 0.5) is 4.39 Å². The van der Waals surface area contributed by atoms with Crippen LogP contribution in [0.3, 0.4) is 0 Å². The van der Waals surface area contributed by atoms with Crippen molar-refractivity contribution in [2.45, 2.75) is 25.8 Å². The van der Waals surface area contributed by atoms with Gasteiger partial charge in [-0.15, -0.1) is 12.3 Å². The molecule has 1 atom stereocenters. The Kier molecular flexibility index (Phi) is 4.86. The van der Waals surface area contributed by atoms with Crippen molar-refractivity contribution < 1.29 is 4.39 Å². The molecule has 0 saturated carbocycles. The first kappa shape index (κ1) is 11.7. The van der Waals surface area contributed by atoms with Gasteiger partial charge in [0.1, 0.15) is 5.82 Å². The zero-order valence-corrected chi connectivity index (χ0v) is 8.96. The third-order valence-electron chi connectivity index (χ3n) is 2.30. The lowest BCUT2D eigenvalue weighted by atomic mass is 10.0. The molecule has 0 saturated heterocycles. The van der Waals surface area contributed by atoms with Crippen LogP contribution in [0.25, 0.3) is 0 Å². The summed E-state index contributed by atoms with van der Waals surface area (Å²) in [6.45, 7) is 2.93. The summed E-state index contributed by atoms with van der Waals surface area (Å²) < 4.78 is 12.7. The fourth-order valence-corrected chi connectivity index (χ4v) is 1.56. The molecular formula is C13H16FN. The summed E-state index contributed by atoms with van der Waals surface area (Å²) in [5.41, 5.74) is 1.09. The first-order valence-corrected chi connectivity index (χ1v) is 5.20. The van der Waals surface area contributed by atoms with E-state index < -0.39 is 0 Å². The van der Waals surface area contributed by atoms with E-state index in [0.717, 1.165) is 24.9 Å². The van der Waals surface area contributed by atoms with Gasteiger partial charge in [-0.1, -0.05) is 19.1 Å². The molecule has 1 nitrogen and oxygen atoms in total. The van der Waals surface area contributed by atoms with Gasteiger partial charge in [-0.3, -0.25) is 0 Å². The van der Waals surface area contributed by atoms with Crippen LogP contribution in [0.5, 0.6) is 0 Å². The molecule has 2 heteroatoms. The largest absolute Gasteiger partial charge is 0.310 e. The molecule has 15 heavy (non-hydrogen) atoms. The standard InChI is InChI=1S/C13H16FN/c1-3-5-6-13(15-4-2)11-7-9-12(14)10-8-11/h1,7-10,13,15H,4-6H2,2H3. The molecule has 0 heterocycles. The van der Waals surface area contributed by atoms with Gasteiger partial charge in [0.15, 0.2) is 0 Å². The Morgan fingerprint density at radius 1 is 1.40 bits per heavy atom. The Bertz CT molecular complexity index is 323. The number of rotatable bonds is 5. The summed E-state index contributed by atoms with van der Waals surface area (Å²) in [5, 5.41) is 3.34. The third-order valence-corrected chi connectivity index (χ3v) is 2.30. The molecule has 0 aliphatic heterocycles. The van der Waals surface area contributed by atoms with E-state index in [1.54, 1.807) is 12.1 Å². The number of hydrogen-bond acceptors (Lipinski definition) is 1. The third kappa shape index (κ3) is 3.73. The maximum absolute atomic E-state index is 12.7. The van der Waals surface area contributed by atoms with Crippen molar-refractivity contribution in [3.8, 4) is 12.3 Å². The Hall–Kier alpha value is -1.33. The van der Waals surface area contributed by atoms with Crippen LogP contribution >= 0.6 is 0 Å². The summed E-state index contributed by atoms with van der Waals surface area (Å²) >= 11 is 0. The van der Waals surface area contributed by atoms with Crippen LogP contribution in [0.2, 0.25) is 0 Å². The van der Waals surface area contributed by atoms with E-state index in [1.807, 2.05) is 6.92 Å². The molecule has 0 bridgehead atoms. The van der Waals surface area contributed by atoms with Crippen molar-refractivity contribution in [3.63, 3.8) is 0 Å². The van der Waals surface area contributed by atoms with Gasteiger partial charge in [0.2, 0.25) is 0 Å². The van der Waals surface area contributed by atoms with Crippen molar-refractivity contribution in [2.75, 3.05) is 6.54 Å². The molecule has 80 valence electrons. The number of halogens is 1. The van der Waals surface area contributed by atoms with Crippen LogP contribution in [-0.4, -0.2) is 6.54 Å². The number of nitrogens with one attached hydrogen (secondary N) is 1. The fourth-order valence-electron chi connectivity index (χ4n) is 1.56. The predicted molar refractivity (Wildman–Crippen MR) is 60.9 cm³/mol. The molecule has 1 N–H and O–H groups in total. The van der Waals surface area contributed by atoms with Crippen molar-refractivity contribution in [2.24, 2.45) is 0 Å². The van der Waals surface area contributed by atoms with Gasteiger partial charge in [-0.05, 0) is 30.7 Å². The Morgan fingerprint density at radius 3 is 2.60 bits per heavy atom. The number of hydrogen-bond donors (Lipinski definition) is 1. The highest BCUT2D eigenvalue weighted by Crippen LogP contribution is 2.18. The van der Waals surface area contributed by atoms with E-state index in [2.05, 4.69) is 11.2 Å². The van der Waals surface area contributed by atoms with E-state index in [1.165, 1.54) is 12.1 Å². The zero-order chi connectivity index (χ0) is 11.1. The van der Waals surface area contributed by atoms with Crippen LogP contribution in [0.1, 0.15) is 31.4 Å². The minimum atomic E-state index is -0.203. The molecule has 0 amide bonds. The van der Waals surface area contributed by atoms with E-state index in [9.17, 15) is 4.39 Å². The molecule has 1 aromatic rings. The van der Waals surface area contributed by atoms with E-state index in [-0.39, 0.29) is 11.9 Å². The van der Waals surface area contributed by atoms with Gasteiger partial charge in [0, 0.05) is 12.5 Å². The van der Waals surface area contributed by atoms with E-state index in [4.69, 9.17) is 6.42 Å². The van der Waals surface area contributed by atoms with Crippen LogP contribution < -0.4 is 5.32 Å². The normalized spacial score (nSPS) is 12.1. The topological polar surface area (TPSA) is 12.0 Å². The lowest BCUT2D eigenvalue weighted by molar-refractivity contribution is 0.521. The Balaban J connectivity index is 2.70. The van der Waals surface area contributed by atoms with Crippen LogP contribution in [-0.2, 0) is 0 Å². The highest BCUT2D eigenvalue weighted by molar-refractivity contribution is 5.20. The zero-order valence-electron chi connectivity index (χ0n) is 8.96. The second kappa shape index (κ2) is 6.21. The average molecular weight is 205 g/mol. The van der Waals surface area contributed by atoms with Crippen LogP contribution in [0.15, 0.2) is 24.3 Å². The molecule has 0 fully saturated rings. The lowest BCUT2D eigenvalue weighted by Gasteiger charge is -2.17. The second-order valence-electron chi connectivity index (χ2n) is 3.40. The fraction of sp³-hybridized carbons (Fsp3) is 0.385. The molecule has 1 unspecified atom stereocenters. The molecule has 0 spiro atoms. The van der Waals surface area contributed by atoms with Gasteiger partial charge < -0.3 is 5.32 Å². The molecular weight excluding hydrogens is 189 g/mol. The summed E-state index contributed by atoms with van der Waals surface area (Å²) in [4.78, 5) is 0. The van der Waals surface area contributed by atoms with Crippen molar-refractivity contribution in [3.05, 3.63) is 35.6 Å². The minimum absolute atomic E-state index is 0.203. The quantitative estimate of drug-likeness (QED) is 0.729. The van der Waals surface area contributed by atoms with Gasteiger partial charge >= 0.3 is 0 Å². The van der Waals surface area contributed by atoms with E-state index in [0.29, 0.717) is 0 Å². The maximum Gasteiger partial charge on any atom is 0.123 e. The molecule has 1 rings (SSSR count). The summed E-state index contributed by atoms with van der Waals surface area (Å²) in [7, 11) is 0. The number of benzene rings is 1. The molecule has 0 aromatic heterocycles. The maximum atomic E-state index is 12.7. The second-order valence-corrected chi connectivity index (χ2v) is 3.40. The van der Waals surface area contributed by atoms with Crippen molar-refractivity contribution in [1.29, 1.82) is 0 Å². The Morgan fingerprint density at radius 2 is 2.07 bits per heavy atom. The smallest absolute Gasteiger partial charge is 0.123 e. The molecule has 0 aliphatic rings. The first-order valence-electron chi connectivity index (χ1n) is 5.20. The highest BCUT2D eigenvalue weighted by atomic mass is 19.1. The summed E-state index contributed by atoms with van der Waals surface area (Å²) in [6.07, 6.45) is 6.85. The van der Waals surface area contributed by atoms with Gasteiger partial charge in [-0.2, -0.15) is 0 Å². The highest BCUT2D eigenvalue weighted by Gasteiger charge is 2.08. The van der Waals surface area contributed by atoms with Crippen molar-refractivity contribution >= 4 is 0 Å². The minimum Gasteiger partial charge on any atom is -0.310 e. The SMILES string of the molecule is C#CCCC(NCC)c1ccc(F)cc1. The first-order chi connectivity index (χ1) is 7.27. The molecule has 1 aromatic carbocycles. The van der Waals surface area contributed by atoms with Gasteiger partial charge in [0.25, 0.3) is 0 Å². The molecule has 0 radical (unpaired) electrons. The number of terminal acetylenes is 1. The average Bonchev–Trinajstić information content (AvgIpc) is 2.25. The molecule has 0 aliphatic carbocycles. The predicted octanol–water partition coefficient (Wildman–Crippen LogP) is 2.89. The Labute approximate surface area is 90.7 Å². The summed E-state index contributed by atoms with van der Waals surface area (Å²) in [5.74, 6) is 2.42. The van der Waals surface area contributed by atoms with E-state index >= 15 is 0 Å². The monoisotopic (exact) mass is 205 g/mol. The lowest BCUT2D eigenvalue weighted by Crippen LogP contribution is -2.20. The summed E-state index contributed by atoms with van der Waals surface area (Å²) in [6, 6.07) is 6.80. The van der Waals surface area contributed by atoms with Gasteiger partial charge in [-0.25, -0.2) is 4.39 Å².